The minimum Gasteiger partial charge on any atom is -0.354 e. The van der Waals surface area contributed by atoms with Gasteiger partial charge in [-0.05, 0) is 37.3 Å². The number of nitrogens with zero attached hydrogens (tertiary/aromatic N) is 1. The number of hydrogen-bond acceptors (Lipinski definition) is 3. The van der Waals surface area contributed by atoms with E-state index >= 15 is 0 Å². The molecule has 128 valence electrons. The summed E-state index contributed by atoms with van der Waals surface area (Å²) in [5, 5.41) is 0.524. The van der Waals surface area contributed by atoms with Gasteiger partial charge in [-0.3, -0.25) is 4.79 Å². The van der Waals surface area contributed by atoms with Crippen LogP contribution in [0.2, 0.25) is 0 Å². The van der Waals surface area contributed by atoms with Crippen molar-refractivity contribution in [2.45, 2.75) is 37.5 Å². The van der Waals surface area contributed by atoms with E-state index < -0.39 is 15.6 Å². The summed E-state index contributed by atoms with van der Waals surface area (Å²) in [6.07, 6.45) is 2.83. The second kappa shape index (κ2) is 5.58. The van der Waals surface area contributed by atoms with Gasteiger partial charge in [0.25, 0.3) is 0 Å². The summed E-state index contributed by atoms with van der Waals surface area (Å²) in [6, 6.07) is 4.97. The number of amides is 1. The molecule has 4 rings (SSSR count). The van der Waals surface area contributed by atoms with E-state index in [2.05, 4.69) is 4.98 Å². The lowest BCUT2D eigenvalue weighted by Gasteiger charge is -2.20. The van der Waals surface area contributed by atoms with Crippen LogP contribution in [0.25, 0.3) is 10.9 Å². The maximum Gasteiger partial charge on any atom is 0.238 e. The van der Waals surface area contributed by atoms with E-state index in [1.54, 1.807) is 11.0 Å². The Labute approximate surface area is 139 Å². The number of benzene rings is 1. The summed E-state index contributed by atoms with van der Waals surface area (Å²) in [5.74, 6) is -1.08. The van der Waals surface area contributed by atoms with Gasteiger partial charge in [-0.15, -0.1) is 0 Å². The third kappa shape index (κ3) is 2.70. The lowest BCUT2D eigenvalue weighted by atomic mass is 10.1. The zero-order valence-electron chi connectivity index (χ0n) is 13.2. The fourth-order valence-corrected chi connectivity index (χ4v) is 5.07. The van der Waals surface area contributed by atoms with Crippen molar-refractivity contribution < 1.29 is 17.6 Å². The predicted molar refractivity (Wildman–Crippen MR) is 88.8 cm³/mol. The number of nitrogens with one attached hydrogen (secondary N) is 1. The number of carbonyl (C=O) groups excluding carboxylic acids is 1. The number of rotatable bonds is 3. The van der Waals surface area contributed by atoms with Crippen LogP contribution in [0.5, 0.6) is 0 Å². The van der Waals surface area contributed by atoms with Gasteiger partial charge in [0, 0.05) is 17.6 Å². The molecular formula is C17H19FN2O3S. The summed E-state index contributed by atoms with van der Waals surface area (Å²) >= 11 is 0. The zero-order valence-corrected chi connectivity index (χ0v) is 14.0. The molecule has 1 saturated carbocycles. The van der Waals surface area contributed by atoms with Gasteiger partial charge in [0.2, 0.25) is 5.91 Å². The number of H-pyrrole nitrogens is 1. The summed E-state index contributed by atoms with van der Waals surface area (Å²) in [7, 11) is -3.32. The molecule has 1 aliphatic heterocycles. The molecule has 1 aromatic heterocycles. The van der Waals surface area contributed by atoms with Crippen LogP contribution >= 0.6 is 0 Å². The quantitative estimate of drug-likeness (QED) is 0.922. The van der Waals surface area contributed by atoms with Crippen LogP contribution in [0.4, 0.5) is 4.39 Å². The molecule has 1 N–H and O–H groups in total. The fourth-order valence-electron chi connectivity index (χ4n) is 3.45. The van der Waals surface area contributed by atoms with Gasteiger partial charge in [-0.2, -0.15) is 0 Å². The Hall–Kier alpha value is -1.89. The number of para-hydroxylation sites is 1. The summed E-state index contributed by atoms with van der Waals surface area (Å²) < 4.78 is 38.1. The molecule has 1 amide bonds. The van der Waals surface area contributed by atoms with Crippen molar-refractivity contribution >= 4 is 26.6 Å². The molecule has 1 fully saturated rings. The molecular weight excluding hydrogens is 331 g/mol. The highest BCUT2D eigenvalue weighted by Gasteiger charge is 2.38. The van der Waals surface area contributed by atoms with E-state index in [-0.39, 0.29) is 17.0 Å². The monoisotopic (exact) mass is 350 g/mol. The second-order valence-corrected chi connectivity index (χ2v) is 8.95. The smallest absolute Gasteiger partial charge is 0.238 e. The maximum absolute atomic E-state index is 14.0. The topological polar surface area (TPSA) is 70.2 Å². The Bertz CT molecular complexity index is 915. The molecule has 7 heteroatoms. The molecule has 0 atom stereocenters. The normalized spacial score (nSPS) is 18.5. The van der Waals surface area contributed by atoms with Crippen molar-refractivity contribution in [3.8, 4) is 0 Å². The van der Waals surface area contributed by atoms with E-state index in [4.69, 9.17) is 0 Å². The van der Waals surface area contributed by atoms with Crippen LogP contribution in [0.1, 0.15) is 30.5 Å². The van der Waals surface area contributed by atoms with Crippen molar-refractivity contribution in [3.05, 3.63) is 35.3 Å². The largest absolute Gasteiger partial charge is 0.354 e. The van der Waals surface area contributed by atoms with Crippen LogP contribution in [0.15, 0.2) is 18.2 Å². The third-order valence-electron chi connectivity index (χ3n) is 4.89. The average molecular weight is 350 g/mol. The first-order valence-electron chi connectivity index (χ1n) is 8.23. The first-order chi connectivity index (χ1) is 11.5. The predicted octanol–water partition coefficient (Wildman–Crippen LogP) is 2.16. The molecule has 0 saturated heterocycles. The van der Waals surface area contributed by atoms with Gasteiger partial charge in [0.15, 0.2) is 9.84 Å². The van der Waals surface area contributed by atoms with Gasteiger partial charge in [0.1, 0.15) is 11.6 Å². The summed E-state index contributed by atoms with van der Waals surface area (Å²) in [6.45, 7) is 0.834. The third-order valence-corrected chi connectivity index (χ3v) is 7.03. The highest BCUT2D eigenvalue weighted by Crippen LogP contribution is 2.31. The van der Waals surface area contributed by atoms with E-state index in [0.717, 1.165) is 29.5 Å². The van der Waals surface area contributed by atoms with E-state index in [1.807, 2.05) is 6.07 Å². The Morgan fingerprint density at radius 3 is 2.88 bits per heavy atom. The minimum atomic E-state index is -3.32. The number of aryl methyl sites for hydroxylation is 1. The van der Waals surface area contributed by atoms with Crippen LogP contribution in [0.3, 0.4) is 0 Å². The fraction of sp³-hybridized carbons (Fsp3) is 0.471. The number of aromatic nitrogens is 1. The van der Waals surface area contributed by atoms with Gasteiger partial charge in [-0.25, -0.2) is 12.8 Å². The van der Waals surface area contributed by atoms with Gasteiger partial charge in [0.05, 0.1) is 17.3 Å². The van der Waals surface area contributed by atoms with Gasteiger partial charge >= 0.3 is 0 Å². The second-order valence-electron chi connectivity index (χ2n) is 6.67. The highest BCUT2D eigenvalue weighted by molar-refractivity contribution is 7.93. The van der Waals surface area contributed by atoms with Crippen molar-refractivity contribution in [2.24, 2.45) is 0 Å². The van der Waals surface area contributed by atoms with Crippen LogP contribution in [-0.4, -0.2) is 41.8 Å². The van der Waals surface area contributed by atoms with E-state index in [9.17, 15) is 17.6 Å². The molecule has 5 nitrogen and oxygen atoms in total. The van der Waals surface area contributed by atoms with Crippen molar-refractivity contribution in [1.82, 2.24) is 9.88 Å². The standard InChI is InChI=1S/C17H19FN2O3S/c18-14-5-1-3-13-12-4-2-8-20(9-15(12)19-17(13)14)16(21)10-24(22,23)11-6-7-11/h1,3,5,11,19H,2,4,6-10H2. The molecule has 0 unspecified atom stereocenters. The first-order valence-corrected chi connectivity index (χ1v) is 9.94. The molecule has 0 bridgehead atoms. The van der Waals surface area contributed by atoms with Crippen molar-refractivity contribution in [3.63, 3.8) is 0 Å². The molecule has 0 radical (unpaired) electrons. The SMILES string of the molecule is O=C(CS(=O)(=O)C1CC1)N1CCCc2c([nH]c3c(F)cccc23)C1. The Morgan fingerprint density at radius 1 is 1.33 bits per heavy atom. The lowest BCUT2D eigenvalue weighted by Crippen LogP contribution is -2.36. The van der Waals surface area contributed by atoms with E-state index in [0.29, 0.717) is 31.4 Å². The lowest BCUT2D eigenvalue weighted by molar-refractivity contribution is -0.129. The maximum atomic E-state index is 14.0. The van der Waals surface area contributed by atoms with Gasteiger partial charge in [-0.1, -0.05) is 12.1 Å². The molecule has 2 aromatic rings. The Balaban J connectivity index is 1.61. The zero-order chi connectivity index (χ0) is 16.9. The van der Waals surface area contributed by atoms with Crippen molar-refractivity contribution in [2.75, 3.05) is 12.3 Å². The molecule has 2 aliphatic rings. The number of fused-ring (bicyclic) bond motifs is 3. The highest BCUT2D eigenvalue weighted by atomic mass is 32.2. The van der Waals surface area contributed by atoms with Crippen LogP contribution < -0.4 is 0 Å². The number of sulfone groups is 1. The van der Waals surface area contributed by atoms with Crippen LogP contribution in [-0.2, 0) is 27.6 Å². The Morgan fingerprint density at radius 2 is 2.12 bits per heavy atom. The van der Waals surface area contributed by atoms with Crippen molar-refractivity contribution in [1.29, 1.82) is 0 Å². The molecule has 2 heterocycles. The average Bonchev–Trinajstić information content (AvgIpc) is 3.34. The summed E-state index contributed by atoms with van der Waals surface area (Å²) in [4.78, 5) is 17.1. The first kappa shape index (κ1) is 15.6. The number of hydrogen-bond donors (Lipinski definition) is 1. The molecule has 1 aliphatic carbocycles. The molecule has 24 heavy (non-hydrogen) atoms. The van der Waals surface area contributed by atoms with Gasteiger partial charge < -0.3 is 9.88 Å². The molecule has 1 aromatic carbocycles. The number of halogens is 1. The number of carbonyl (C=O) groups is 1. The minimum absolute atomic E-state index is 0.308. The van der Waals surface area contributed by atoms with E-state index in [1.165, 1.54) is 6.07 Å². The summed E-state index contributed by atoms with van der Waals surface area (Å²) in [5.41, 5.74) is 2.30. The molecule has 0 spiro atoms. The van der Waals surface area contributed by atoms with Crippen LogP contribution in [0, 0.1) is 5.82 Å². The number of aromatic amines is 1. The Kier molecular flexibility index (Phi) is 3.63.